The van der Waals surface area contributed by atoms with Crippen LogP contribution in [0.3, 0.4) is 0 Å². The van der Waals surface area contributed by atoms with E-state index in [1.54, 1.807) is 24.5 Å². The number of nitrogens with two attached hydrogens (primary N) is 1. The van der Waals surface area contributed by atoms with Crippen LogP contribution in [-0.2, 0) is 0 Å². The maximum Gasteiger partial charge on any atom is 1.00 e. The molecule has 5 rings (SSSR count). The molecule has 1 aliphatic heterocycles. The number of primary amides is 1. The van der Waals surface area contributed by atoms with Gasteiger partial charge in [0.2, 0.25) is 0 Å². The van der Waals surface area contributed by atoms with Gasteiger partial charge in [-0.25, -0.2) is 9.97 Å². The van der Waals surface area contributed by atoms with Crippen molar-refractivity contribution in [2.45, 2.75) is 6.92 Å². The van der Waals surface area contributed by atoms with E-state index in [4.69, 9.17) is 5.73 Å². The van der Waals surface area contributed by atoms with Crippen LogP contribution in [-0.4, -0.2) is 46.5 Å². The van der Waals surface area contributed by atoms with Crippen LogP contribution >= 0.6 is 11.3 Å². The van der Waals surface area contributed by atoms with Gasteiger partial charge in [0, 0.05) is 34.7 Å². The molecule has 1 fully saturated rings. The van der Waals surface area contributed by atoms with Gasteiger partial charge in [0.1, 0.15) is 0 Å². The molecule has 0 spiro atoms. The summed E-state index contributed by atoms with van der Waals surface area (Å²) in [5.74, 6) is 0.236. The number of thiophene rings is 1. The molecule has 1 amide bonds. The molecule has 0 unspecified atom stereocenters. The van der Waals surface area contributed by atoms with Crippen molar-refractivity contribution in [3.63, 3.8) is 0 Å². The second kappa shape index (κ2) is 12.7. The average molecular weight is 546 g/mol. The van der Waals surface area contributed by atoms with Gasteiger partial charge in [-0.3, -0.25) is 9.20 Å². The zero-order valence-electron chi connectivity index (χ0n) is 19.4. The zero-order chi connectivity index (χ0) is 23.2. The number of allylic oxidation sites excluding steroid dienone is 1. The first-order valence-electron chi connectivity index (χ1n) is 10.6. The molecule has 0 atom stereocenters. The molecule has 0 radical (unpaired) electrons. The molecule has 3 aromatic heterocycles. The molecular formula is C24H26N7ORbS. The molecule has 34 heavy (non-hydrogen) atoms. The minimum atomic E-state index is -0.429. The number of nitrogens with zero attached hydrogens (tertiary/aromatic N) is 5. The molecule has 8 nitrogen and oxygen atoms in total. The van der Waals surface area contributed by atoms with Gasteiger partial charge in [0.15, 0.2) is 11.5 Å². The molecule has 10 heteroatoms. The third-order valence-corrected chi connectivity index (χ3v) is 6.06. The molecule has 0 aliphatic carbocycles. The number of hydrogen-bond acceptors (Lipinski definition) is 6. The second-order valence-electron chi connectivity index (χ2n) is 7.41. The van der Waals surface area contributed by atoms with E-state index in [1.807, 2.05) is 35.0 Å². The number of carbonyl (C=O) groups is 1. The average Bonchev–Trinajstić information content (AvgIpc) is 3.52. The number of carbonyl (C=O) groups excluding carboxylic acids is 1. The number of aromatic nitrogens is 3. The Morgan fingerprint density at radius 1 is 1.24 bits per heavy atom. The van der Waals surface area contributed by atoms with Crippen molar-refractivity contribution in [2.24, 2.45) is 5.73 Å². The molecule has 170 valence electrons. The number of piperazine rings is 1. The molecule has 1 aliphatic rings. The van der Waals surface area contributed by atoms with Crippen LogP contribution in [0.1, 0.15) is 16.6 Å². The number of hydrogen-bond donors (Lipinski definition) is 2. The Bertz CT molecular complexity index is 1250. The van der Waals surface area contributed by atoms with Crippen LogP contribution in [0, 0.1) is 0 Å². The van der Waals surface area contributed by atoms with E-state index >= 15 is 0 Å². The van der Waals surface area contributed by atoms with Crippen molar-refractivity contribution >= 4 is 40.1 Å². The van der Waals surface area contributed by atoms with Crippen molar-refractivity contribution in [3.05, 3.63) is 77.2 Å². The van der Waals surface area contributed by atoms with Crippen LogP contribution in [0.25, 0.3) is 22.2 Å². The molecular weight excluding hydrogens is 520 g/mol. The summed E-state index contributed by atoms with van der Waals surface area (Å²) in [6, 6.07) is 10.1. The van der Waals surface area contributed by atoms with Gasteiger partial charge in [-0.2, -0.15) is 0 Å². The quantitative estimate of drug-likeness (QED) is 0.372. The minimum absolute atomic E-state index is 0. The van der Waals surface area contributed by atoms with Crippen LogP contribution in [0.15, 0.2) is 67.0 Å². The third kappa shape index (κ3) is 6.21. The van der Waals surface area contributed by atoms with Gasteiger partial charge in [0.05, 0.1) is 16.8 Å². The van der Waals surface area contributed by atoms with E-state index < -0.39 is 5.91 Å². The van der Waals surface area contributed by atoms with Gasteiger partial charge in [-0.05, 0) is 50.3 Å². The third-order valence-electron chi connectivity index (χ3n) is 5.12. The summed E-state index contributed by atoms with van der Waals surface area (Å²) in [5, 5.41) is 9.66. The predicted octanol–water partition coefficient (Wildman–Crippen LogP) is 1.69. The summed E-state index contributed by atoms with van der Waals surface area (Å²) in [4.78, 5) is 23.3. The van der Waals surface area contributed by atoms with E-state index in [1.165, 1.54) is 17.0 Å². The smallest absolute Gasteiger partial charge is 0.659 e. The molecule has 4 aromatic rings. The number of amides is 1. The summed E-state index contributed by atoms with van der Waals surface area (Å²) in [7, 11) is 0. The molecule has 1 aromatic carbocycles. The normalized spacial score (nSPS) is 12.9. The van der Waals surface area contributed by atoms with E-state index in [0.29, 0.717) is 16.3 Å². The number of benzene rings is 1. The van der Waals surface area contributed by atoms with Gasteiger partial charge < -0.3 is 21.3 Å². The van der Waals surface area contributed by atoms with Gasteiger partial charge in [0.25, 0.3) is 5.91 Å². The molecule has 0 bridgehead atoms. The zero-order valence-corrected chi connectivity index (χ0v) is 25.2. The van der Waals surface area contributed by atoms with Crippen LogP contribution in [0.5, 0.6) is 0 Å². The Balaban J connectivity index is 0.000000771. The van der Waals surface area contributed by atoms with E-state index in [0.717, 1.165) is 43.1 Å². The molecule has 1 saturated heterocycles. The first-order chi connectivity index (χ1) is 16.1. The van der Waals surface area contributed by atoms with Gasteiger partial charge in [-0.1, -0.05) is 6.08 Å². The minimum Gasteiger partial charge on any atom is -0.659 e. The number of rotatable bonds is 5. The topological polar surface area (TPSA) is 103 Å². The standard InChI is InChI=1S/C21H20N7OS.C3H6.Rb/c22-19(29)18-11-14(13-30-18)17-12-25-20(21-24-7-10-28(17)21)26-15-1-3-16(4-2-15)27-8-5-23-6-9-27;1-3-2;/h1-4,7,10-13H,5-6,8-9H2,(H2,22,29)(H,25,26);3H,1H2,2H3;/q-1;;+1. The first-order valence-corrected chi connectivity index (χ1v) is 11.5. The van der Waals surface area contributed by atoms with Crippen molar-refractivity contribution in [3.8, 4) is 11.3 Å². The van der Waals surface area contributed by atoms with Crippen LogP contribution in [0.4, 0.5) is 17.2 Å². The largest absolute Gasteiger partial charge is 1.00 e. The Kier molecular flexibility index (Phi) is 9.99. The second-order valence-corrected chi connectivity index (χ2v) is 8.33. The van der Waals surface area contributed by atoms with E-state index in [9.17, 15) is 4.79 Å². The Hall–Kier alpha value is -1.88. The maximum atomic E-state index is 11.4. The number of imidazole rings is 1. The summed E-state index contributed by atoms with van der Waals surface area (Å²) >= 11 is 1.32. The van der Waals surface area contributed by atoms with Crippen molar-refractivity contribution in [1.82, 2.24) is 14.4 Å². The van der Waals surface area contributed by atoms with Crippen LogP contribution < -0.4 is 74.1 Å². The fourth-order valence-corrected chi connectivity index (χ4v) is 4.33. The van der Waals surface area contributed by atoms with E-state index in [2.05, 4.69) is 44.2 Å². The SMILES string of the molecule is C=CC.NC(=O)c1cc(-c2cnc(Nc3ccc(N4CC[N-]CC4)cc3)c3nccn23)cs1.[Rb+]. The van der Waals surface area contributed by atoms with Gasteiger partial charge >= 0.3 is 58.2 Å². The number of anilines is 3. The van der Waals surface area contributed by atoms with Crippen molar-refractivity contribution in [2.75, 3.05) is 36.4 Å². The molecule has 3 N–H and O–H groups in total. The van der Waals surface area contributed by atoms with Crippen molar-refractivity contribution in [1.29, 1.82) is 0 Å². The number of fused-ring (bicyclic) bond motifs is 1. The summed E-state index contributed by atoms with van der Waals surface area (Å²) < 4.78 is 1.95. The van der Waals surface area contributed by atoms with Crippen molar-refractivity contribution < 1.29 is 63.0 Å². The first kappa shape index (κ1) is 26.7. The molecule has 4 heterocycles. The Morgan fingerprint density at radius 2 is 1.94 bits per heavy atom. The van der Waals surface area contributed by atoms with Crippen LogP contribution in [0.2, 0.25) is 0 Å². The van der Waals surface area contributed by atoms with E-state index in [-0.39, 0.29) is 58.2 Å². The summed E-state index contributed by atoms with van der Waals surface area (Å²) in [6.45, 7) is 8.95. The fraction of sp³-hybridized carbons (Fsp3) is 0.208. The fourth-order valence-electron chi connectivity index (χ4n) is 3.58. The molecule has 0 saturated carbocycles. The van der Waals surface area contributed by atoms with Gasteiger partial charge in [-0.15, -0.1) is 31.0 Å². The Morgan fingerprint density at radius 3 is 2.59 bits per heavy atom. The summed E-state index contributed by atoms with van der Waals surface area (Å²) in [5.41, 5.74) is 9.97. The Labute approximate surface area is 252 Å². The monoisotopic (exact) mass is 545 g/mol. The summed E-state index contributed by atoms with van der Waals surface area (Å²) in [6.07, 6.45) is 7.14. The number of nitrogens with one attached hydrogen (secondary N) is 1. The maximum absolute atomic E-state index is 11.4. The predicted molar refractivity (Wildman–Crippen MR) is 136 cm³/mol.